The van der Waals surface area contributed by atoms with Crippen molar-refractivity contribution in [3.05, 3.63) is 16.0 Å². The Labute approximate surface area is 114 Å². The summed E-state index contributed by atoms with van der Waals surface area (Å²) in [5, 5.41) is 7.94. The van der Waals surface area contributed by atoms with E-state index in [0.717, 1.165) is 15.7 Å². The molecule has 0 fully saturated rings. The molecule has 0 bridgehead atoms. The molecule has 0 spiro atoms. The lowest BCUT2D eigenvalue weighted by Gasteiger charge is -2.03. The molecule has 2 aromatic heterocycles. The second kappa shape index (κ2) is 6.19. The van der Waals surface area contributed by atoms with Gasteiger partial charge >= 0.3 is 0 Å². The molecule has 6 nitrogen and oxygen atoms in total. The number of hydrogen-bond acceptors (Lipinski definition) is 6. The molecule has 98 valence electrons. The Hall–Kier alpha value is -1.09. The maximum Gasteiger partial charge on any atom is 0.195 e. The fourth-order valence-electron chi connectivity index (χ4n) is 1.50. The quantitative estimate of drug-likeness (QED) is 0.821. The van der Waals surface area contributed by atoms with Crippen molar-refractivity contribution in [3.63, 3.8) is 0 Å². The van der Waals surface area contributed by atoms with Crippen LogP contribution in [0.2, 0.25) is 0 Å². The van der Waals surface area contributed by atoms with Gasteiger partial charge in [0, 0.05) is 20.4 Å². The third-order valence-corrected chi connectivity index (χ3v) is 3.60. The zero-order valence-corrected chi connectivity index (χ0v) is 11.8. The van der Waals surface area contributed by atoms with Crippen LogP contribution in [0.4, 0.5) is 0 Å². The summed E-state index contributed by atoms with van der Waals surface area (Å²) in [6.07, 6.45) is 1.78. The van der Waals surface area contributed by atoms with E-state index in [2.05, 4.69) is 15.2 Å². The molecule has 2 heterocycles. The van der Waals surface area contributed by atoms with Crippen molar-refractivity contribution in [2.45, 2.75) is 13.2 Å². The Balaban J connectivity index is 2.28. The van der Waals surface area contributed by atoms with Gasteiger partial charge < -0.3 is 9.47 Å². The zero-order valence-electron chi connectivity index (χ0n) is 10.2. The molecule has 0 saturated carbocycles. The topological polar surface area (TPSA) is 65.0 Å². The molecule has 0 atom stereocenters. The number of hydrogen-bond donors (Lipinski definition) is 1. The number of H-pyrrole nitrogens is 1. The van der Waals surface area contributed by atoms with Crippen LogP contribution in [-0.4, -0.2) is 40.6 Å². The smallest absolute Gasteiger partial charge is 0.195 e. The van der Waals surface area contributed by atoms with E-state index in [0.29, 0.717) is 24.5 Å². The van der Waals surface area contributed by atoms with Crippen LogP contribution in [0.1, 0.15) is 5.01 Å². The molecule has 8 heteroatoms. The summed E-state index contributed by atoms with van der Waals surface area (Å²) >= 11 is 6.74. The highest BCUT2D eigenvalue weighted by Gasteiger charge is 2.12. The second-order valence-corrected chi connectivity index (χ2v) is 5.05. The summed E-state index contributed by atoms with van der Waals surface area (Å²) in [6, 6.07) is 0. The monoisotopic (exact) mass is 286 g/mol. The number of methoxy groups -OCH3 is 2. The highest BCUT2D eigenvalue weighted by molar-refractivity contribution is 7.71. The Bertz CT molecular complexity index is 560. The van der Waals surface area contributed by atoms with Crippen molar-refractivity contribution in [2.24, 2.45) is 0 Å². The van der Waals surface area contributed by atoms with E-state index in [1.165, 1.54) is 0 Å². The van der Waals surface area contributed by atoms with Gasteiger partial charge in [0.15, 0.2) is 10.6 Å². The number of aromatic amines is 1. The third-order valence-electron chi connectivity index (χ3n) is 2.32. The summed E-state index contributed by atoms with van der Waals surface area (Å²) < 4.78 is 12.6. The van der Waals surface area contributed by atoms with Crippen LogP contribution in [0, 0.1) is 4.77 Å². The number of nitrogens with zero attached hydrogens (tertiary/aromatic N) is 3. The second-order valence-electron chi connectivity index (χ2n) is 3.55. The van der Waals surface area contributed by atoms with Gasteiger partial charge in [-0.1, -0.05) is 0 Å². The lowest BCUT2D eigenvalue weighted by Crippen LogP contribution is -2.05. The van der Waals surface area contributed by atoms with Gasteiger partial charge in [-0.3, -0.25) is 9.67 Å². The molecular formula is C10H14N4O2S2. The van der Waals surface area contributed by atoms with Gasteiger partial charge in [0.25, 0.3) is 0 Å². The first-order valence-electron chi connectivity index (χ1n) is 5.34. The molecule has 0 aliphatic heterocycles. The molecule has 0 radical (unpaired) electrons. The lowest BCUT2D eigenvalue weighted by molar-refractivity contribution is 0.184. The Morgan fingerprint density at radius 1 is 1.44 bits per heavy atom. The van der Waals surface area contributed by atoms with Crippen LogP contribution in [0.3, 0.4) is 0 Å². The number of thiazole rings is 1. The van der Waals surface area contributed by atoms with Crippen LogP contribution in [-0.2, 0) is 22.6 Å². The Morgan fingerprint density at radius 3 is 3.00 bits per heavy atom. The predicted molar refractivity (Wildman–Crippen MR) is 71.1 cm³/mol. The van der Waals surface area contributed by atoms with E-state index in [4.69, 9.17) is 21.7 Å². The van der Waals surface area contributed by atoms with E-state index < -0.39 is 0 Å². The van der Waals surface area contributed by atoms with Gasteiger partial charge in [0.1, 0.15) is 5.01 Å². The van der Waals surface area contributed by atoms with Crippen LogP contribution in [0.25, 0.3) is 10.7 Å². The summed E-state index contributed by atoms with van der Waals surface area (Å²) in [4.78, 5) is 5.24. The van der Waals surface area contributed by atoms with E-state index in [1.807, 2.05) is 4.57 Å². The van der Waals surface area contributed by atoms with Crippen molar-refractivity contribution in [1.82, 2.24) is 19.7 Å². The molecule has 2 rings (SSSR count). The molecule has 18 heavy (non-hydrogen) atoms. The molecule has 0 aromatic carbocycles. The average molecular weight is 286 g/mol. The van der Waals surface area contributed by atoms with Crippen LogP contribution >= 0.6 is 23.6 Å². The minimum atomic E-state index is 0.508. The Morgan fingerprint density at radius 2 is 2.28 bits per heavy atom. The van der Waals surface area contributed by atoms with Crippen molar-refractivity contribution in [1.29, 1.82) is 0 Å². The Kier molecular flexibility index (Phi) is 4.59. The largest absolute Gasteiger partial charge is 0.383 e. The van der Waals surface area contributed by atoms with E-state index >= 15 is 0 Å². The van der Waals surface area contributed by atoms with E-state index in [9.17, 15) is 0 Å². The molecule has 2 aromatic rings. The van der Waals surface area contributed by atoms with Gasteiger partial charge in [0.05, 0.1) is 24.6 Å². The summed E-state index contributed by atoms with van der Waals surface area (Å²) in [6.45, 7) is 1.76. The van der Waals surface area contributed by atoms with Crippen molar-refractivity contribution in [3.8, 4) is 10.7 Å². The number of nitrogens with one attached hydrogen (secondary N) is 1. The summed E-state index contributed by atoms with van der Waals surface area (Å²) in [5.74, 6) is 0.789. The first kappa shape index (κ1) is 13.3. The van der Waals surface area contributed by atoms with Crippen molar-refractivity contribution >= 4 is 23.6 Å². The molecule has 0 saturated heterocycles. The molecule has 0 amide bonds. The lowest BCUT2D eigenvalue weighted by atomic mass is 10.5. The van der Waals surface area contributed by atoms with Gasteiger partial charge in [-0.2, -0.15) is 5.10 Å². The van der Waals surface area contributed by atoms with Gasteiger partial charge in [-0.05, 0) is 12.2 Å². The van der Waals surface area contributed by atoms with Gasteiger partial charge in [0.2, 0.25) is 0 Å². The van der Waals surface area contributed by atoms with Crippen molar-refractivity contribution < 1.29 is 9.47 Å². The number of rotatable bonds is 6. The van der Waals surface area contributed by atoms with E-state index in [-0.39, 0.29) is 0 Å². The number of ether oxygens (including phenoxy) is 2. The van der Waals surface area contributed by atoms with Crippen LogP contribution in [0.5, 0.6) is 0 Å². The molecule has 0 aliphatic rings. The van der Waals surface area contributed by atoms with Gasteiger partial charge in [-0.15, -0.1) is 11.3 Å². The number of aromatic nitrogens is 4. The fraction of sp³-hybridized carbons (Fsp3) is 0.500. The van der Waals surface area contributed by atoms with E-state index in [1.54, 1.807) is 31.8 Å². The van der Waals surface area contributed by atoms with Gasteiger partial charge in [-0.25, -0.2) is 4.98 Å². The molecule has 0 unspecified atom stereocenters. The van der Waals surface area contributed by atoms with Crippen LogP contribution < -0.4 is 0 Å². The highest BCUT2D eigenvalue weighted by atomic mass is 32.1. The first-order chi connectivity index (χ1) is 8.76. The predicted octanol–water partition coefficient (Wildman–Crippen LogP) is 1.86. The maximum atomic E-state index is 5.19. The third kappa shape index (κ3) is 2.83. The normalized spacial score (nSPS) is 11.0. The van der Waals surface area contributed by atoms with Crippen molar-refractivity contribution in [2.75, 3.05) is 20.8 Å². The molecular weight excluding hydrogens is 272 g/mol. The summed E-state index contributed by atoms with van der Waals surface area (Å²) in [7, 11) is 3.31. The SMILES string of the molecule is COCCn1c(-c2cnc(COC)s2)n[nH]c1=S. The summed E-state index contributed by atoms with van der Waals surface area (Å²) in [5.41, 5.74) is 0. The fourth-order valence-corrected chi connectivity index (χ4v) is 2.61. The molecule has 0 aliphatic carbocycles. The minimum Gasteiger partial charge on any atom is -0.383 e. The van der Waals surface area contributed by atoms with Crippen LogP contribution in [0.15, 0.2) is 6.20 Å². The highest BCUT2D eigenvalue weighted by Crippen LogP contribution is 2.24. The maximum absolute atomic E-state index is 5.19. The molecule has 1 N–H and O–H groups in total. The minimum absolute atomic E-state index is 0.508. The standard InChI is InChI=1S/C10H14N4O2S2/c1-15-4-3-14-9(12-13-10(14)17)7-5-11-8(18-7)6-16-2/h5H,3-4,6H2,1-2H3,(H,13,17). The average Bonchev–Trinajstić information content (AvgIpc) is 2.94. The zero-order chi connectivity index (χ0) is 13.0. The first-order valence-corrected chi connectivity index (χ1v) is 6.57.